The quantitative estimate of drug-likeness (QED) is 0.349. The standard InChI is InChI=1S/C33H38ClN3O4S/c1-42(40,41)28-13-11-25(12-14-28)24-37-22-18-33(32(37)39)16-20-36(21-17-33)19-15-30(26-7-3-2-4-8-26)35-31(38)23-27-9-5-6-10-29(27)34/h2-14,30H,15-24H2,1H3,(H,35,38). The molecule has 7 nitrogen and oxygen atoms in total. The molecular formula is C33H38ClN3O4S. The Morgan fingerprint density at radius 1 is 0.929 bits per heavy atom. The average molecular weight is 608 g/mol. The van der Waals surface area contributed by atoms with E-state index in [1.807, 2.05) is 53.4 Å². The number of nitrogens with one attached hydrogen (secondary N) is 1. The van der Waals surface area contributed by atoms with Crippen molar-refractivity contribution in [2.24, 2.45) is 5.41 Å². The van der Waals surface area contributed by atoms with Crippen LogP contribution in [0.2, 0.25) is 5.02 Å². The number of benzene rings is 3. The van der Waals surface area contributed by atoms with Gasteiger partial charge in [0, 0.05) is 30.9 Å². The van der Waals surface area contributed by atoms with Crippen molar-refractivity contribution in [3.8, 4) is 0 Å². The van der Waals surface area contributed by atoms with E-state index in [1.54, 1.807) is 30.3 Å². The van der Waals surface area contributed by atoms with Gasteiger partial charge < -0.3 is 15.1 Å². The molecule has 1 unspecified atom stereocenters. The number of rotatable bonds is 10. The zero-order chi connectivity index (χ0) is 29.7. The lowest BCUT2D eigenvalue weighted by Crippen LogP contribution is -2.45. The average Bonchev–Trinajstić information content (AvgIpc) is 3.27. The molecule has 42 heavy (non-hydrogen) atoms. The number of hydrogen-bond acceptors (Lipinski definition) is 5. The van der Waals surface area contributed by atoms with Crippen LogP contribution in [0.1, 0.15) is 48.4 Å². The number of amides is 2. The van der Waals surface area contributed by atoms with Crippen LogP contribution in [0.25, 0.3) is 0 Å². The van der Waals surface area contributed by atoms with Gasteiger partial charge in [0.2, 0.25) is 11.8 Å². The van der Waals surface area contributed by atoms with E-state index in [2.05, 4.69) is 10.2 Å². The molecule has 0 aliphatic carbocycles. The van der Waals surface area contributed by atoms with Crippen LogP contribution >= 0.6 is 11.6 Å². The van der Waals surface area contributed by atoms with Crippen LogP contribution < -0.4 is 5.32 Å². The molecule has 3 aromatic rings. The van der Waals surface area contributed by atoms with E-state index in [0.29, 0.717) is 11.6 Å². The number of piperidine rings is 1. The molecule has 2 heterocycles. The monoisotopic (exact) mass is 607 g/mol. The van der Waals surface area contributed by atoms with Crippen molar-refractivity contribution < 1.29 is 18.0 Å². The smallest absolute Gasteiger partial charge is 0.229 e. The number of sulfone groups is 1. The predicted octanol–water partition coefficient (Wildman–Crippen LogP) is 5.05. The Morgan fingerprint density at radius 2 is 1.57 bits per heavy atom. The summed E-state index contributed by atoms with van der Waals surface area (Å²) in [5.41, 5.74) is 2.51. The molecule has 2 aliphatic rings. The predicted molar refractivity (Wildman–Crippen MR) is 165 cm³/mol. The van der Waals surface area contributed by atoms with Crippen LogP contribution in [0.15, 0.2) is 83.8 Å². The summed E-state index contributed by atoms with van der Waals surface area (Å²) in [4.78, 5) is 31.1. The van der Waals surface area contributed by atoms with E-state index in [0.717, 1.165) is 68.6 Å². The minimum Gasteiger partial charge on any atom is -0.349 e. The fraction of sp³-hybridized carbons (Fsp3) is 0.394. The Hall–Kier alpha value is -3.20. The summed E-state index contributed by atoms with van der Waals surface area (Å²) in [6.07, 6.45) is 4.70. The summed E-state index contributed by atoms with van der Waals surface area (Å²) >= 11 is 6.28. The Morgan fingerprint density at radius 3 is 2.24 bits per heavy atom. The van der Waals surface area contributed by atoms with Gasteiger partial charge in [-0.15, -0.1) is 0 Å². The molecule has 2 aliphatic heterocycles. The van der Waals surface area contributed by atoms with Gasteiger partial charge >= 0.3 is 0 Å². The van der Waals surface area contributed by atoms with Gasteiger partial charge in [-0.25, -0.2) is 8.42 Å². The highest BCUT2D eigenvalue weighted by Crippen LogP contribution is 2.42. The molecule has 0 saturated carbocycles. The van der Waals surface area contributed by atoms with E-state index < -0.39 is 9.84 Å². The normalized spacial score (nSPS) is 17.9. The van der Waals surface area contributed by atoms with Crippen LogP contribution in [0.5, 0.6) is 0 Å². The molecule has 0 radical (unpaired) electrons. The largest absolute Gasteiger partial charge is 0.349 e. The first kappa shape index (κ1) is 30.3. The second-order valence-electron chi connectivity index (χ2n) is 11.6. The maximum atomic E-state index is 13.5. The summed E-state index contributed by atoms with van der Waals surface area (Å²) in [5.74, 6) is 0.153. The molecule has 2 fully saturated rings. The fourth-order valence-corrected chi connectivity index (χ4v) is 6.99. The third-order valence-corrected chi connectivity index (χ3v) is 10.2. The zero-order valence-electron chi connectivity index (χ0n) is 24.0. The lowest BCUT2D eigenvalue weighted by molar-refractivity contribution is -0.139. The first-order valence-corrected chi connectivity index (χ1v) is 16.8. The lowest BCUT2D eigenvalue weighted by atomic mass is 9.77. The Kier molecular flexibility index (Phi) is 9.35. The molecule has 2 amide bonds. The van der Waals surface area contributed by atoms with Crippen molar-refractivity contribution in [1.82, 2.24) is 15.1 Å². The molecule has 2 saturated heterocycles. The highest BCUT2D eigenvalue weighted by Gasteiger charge is 2.47. The van der Waals surface area contributed by atoms with Gasteiger partial charge in [-0.2, -0.15) is 0 Å². The summed E-state index contributed by atoms with van der Waals surface area (Å²) < 4.78 is 23.5. The van der Waals surface area contributed by atoms with Crippen LogP contribution in [0, 0.1) is 5.41 Å². The van der Waals surface area contributed by atoms with E-state index in [1.165, 1.54) is 6.26 Å². The summed E-state index contributed by atoms with van der Waals surface area (Å²) in [7, 11) is -3.24. The minimum absolute atomic E-state index is 0.0582. The molecular weight excluding hydrogens is 570 g/mol. The van der Waals surface area contributed by atoms with Gasteiger partial charge in [-0.05, 0) is 73.7 Å². The van der Waals surface area contributed by atoms with Crippen LogP contribution in [0.3, 0.4) is 0 Å². The second-order valence-corrected chi connectivity index (χ2v) is 14.0. The summed E-state index contributed by atoms with van der Waals surface area (Å²) in [5, 5.41) is 3.82. The summed E-state index contributed by atoms with van der Waals surface area (Å²) in [6.45, 7) is 3.74. The van der Waals surface area contributed by atoms with Crippen LogP contribution in [-0.4, -0.2) is 62.5 Å². The van der Waals surface area contributed by atoms with Crippen LogP contribution in [-0.2, 0) is 32.4 Å². The van der Waals surface area contributed by atoms with Crippen LogP contribution in [0.4, 0.5) is 0 Å². The SMILES string of the molecule is CS(=O)(=O)c1ccc(CN2CCC3(CCN(CCC(NC(=O)Cc4ccccc4Cl)c4ccccc4)CC3)C2=O)cc1. The highest BCUT2D eigenvalue weighted by atomic mass is 35.5. The van der Waals surface area contributed by atoms with Gasteiger partial charge in [0.25, 0.3) is 0 Å². The lowest BCUT2D eigenvalue weighted by Gasteiger charge is -2.38. The van der Waals surface area contributed by atoms with E-state index >= 15 is 0 Å². The third kappa shape index (κ3) is 7.22. The number of hydrogen-bond donors (Lipinski definition) is 1. The van der Waals surface area contributed by atoms with Crippen molar-refractivity contribution in [2.75, 3.05) is 32.4 Å². The molecule has 9 heteroatoms. The Balaban J connectivity index is 1.15. The topological polar surface area (TPSA) is 86.8 Å². The van der Waals surface area contributed by atoms with Gasteiger partial charge in [0.15, 0.2) is 9.84 Å². The molecule has 1 spiro atoms. The maximum Gasteiger partial charge on any atom is 0.229 e. The Labute approximate surface area is 253 Å². The Bertz CT molecular complexity index is 1500. The number of nitrogens with zero attached hydrogens (tertiary/aromatic N) is 2. The maximum absolute atomic E-state index is 13.5. The third-order valence-electron chi connectivity index (χ3n) is 8.72. The number of halogens is 1. The molecule has 0 aromatic heterocycles. The summed E-state index contributed by atoms with van der Waals surface area (Å²) in [6, 6.07) is 24.2. The zero-order valence-corrected chi connectivity index (χ0v) is 25.5. The fourth-order valence-electron chi connectivity index (χ4n) is 6.15. The van der Waals surface area contributed by atoms with Gasteiger partial charge in [0.1, 0.15) is 0 Å². The van der Waals surface area contributed by atoms with Crippen molar-refractivity contribution >= 4 is 33.3 Å². The molecule has 1 N–H and O–H groups in total. The first-order chi connectivity index (χ1) is 20.1. The van der Waals surface area contributed by atoms with Crippen molar-refractivity contribution in [3.05, 3.63) is 101 Å². The van der Waals surface area contributed by atoms with Crippen molar-refractivity contribution in [3.63, 3.8) is 0 Å². The van der Waals surface area contributed by atoms with Gasteiger partial charge in [-0.3, -0.25) is 9.59 Å². The molecule has 222 valence electrons. The van der Waals surface area contributed by atoms with E-state index in [-0.39, 0.29) is 34.6 Å². The van der Waals surface area contributed by atoms with Gasteiger partial charge in [0.05, 0.1) is 22.8 Å². The first-order valence-electron chi connectivity index (χ1n) is 14.5. The molecule has 5 rings (SSSR count). The number of likely N-dealkylation sites (tertiary alicyclic amines) is 2. The van der Waals surface area contributed by atoms with Crippen molar-refractivity contribution in [2.45, 2.75) is 49.6 Å². The number of carbonyl (C=O) groups is 2. The molecule has 0 bridgehead atoms. The molecule has 3 aromatic carbocycles. The van der Waals surface area contributed by atoms with Crippen molar-refractivity contribution in [1.29, 1.82) is 0 Å². The van der Waals surface area contributed by atoms with E-state index in [9.17, 15) is 18.0 Å². The van der Waals surface area contributed by atoms with Gasteiger partial charge in [-0.1, -0.05) is 72.3 Å². The molecule has 1 atom stereocenters. The second kappa shape index (κ2) is 13.0. The van der Waals surface area contributed by atoms with E-state index in [4.69, 9.17) is 11.6 Å². The number of carbonyl (C=O) groups excluding carboxylic acids is 2. The minimum atomic E-state index is -3.24. The highest BCUT2D eigenvalue weighted by molar-refractivity contribution is 7.90.